The number of aromatic nitrogens is 6. The number of rotatable bonds is 6. The number of aromatic amines is 2. The highest BCUT2D eigenvalue weighted by Gasteiger charge is 2.20. The molecule has 5 aromatic rings. The molecular formula is C21H15FN8O4S. The Hall–Kier alpha value is -4.85. The Balaban J connectivity index is 1.43. The molecule has 0 atom stereocenters. The number of hydrogen-bond acceptors (Lipinski definition) is 7. The summed E-state index contributed by atoms with van der Waals surface area (Å²) in [6.45, 7) is 0. The summed E-state index contributed by atoms with van der Waals surface area (Å²) in [6.07, 6.45) is 1.31. The summed E-state index contributed by atoms with van der Waals surface area (Å²) in [5.41, 5.74) is 0.466. The van der Waals surface area contributed by atoms with Gasteiger partial charge in [0.25, 0.3) is 15.9 Å². The number of carbonyl (C=O) groups is 1. The number of benzene rings is 3. The Morgan fingerprint density at radius 3 is 2.57 bits per heavy atom. The summed E-state index contributed by atoms with van der Waals surface area (Å²) in [4.78, 5) is 29.3. The van der Waals surface area contributed by atoms with Crippen molar-refractivity contribution < 1.29 is 17.6 Å². The van der Waals surface area contributed by atoms with E-state index in [1.807, 2.05) is 0 Å². The molecule has 0 aliphatic rings. The third-order valence-corrected chi connectivity index (χ3v) is 6.39. The van der Waals surface area contributed by atoms with Gasteiger partial charge in [-0.2, -0.15) is 0 Å². The highest BCUT2D eigenvalue weighted by atomic mass is 32.2. The lowest BCUT2D eigenvalue weighted by molar-refractivity contribution is 0.102. The Bertz CT molecular complexity index is 1730. The Morgan fingerprint density at radius 2 is 1.77 bits per heavy atom. The first kappa shape index (κ1) is 22.0. The summed E-state index contributed by atoms with van der Waals surface area (Å²) in [5, 5.41) is 13.2. The van der Waals surface area contributed by atoms with Gasteiger partial charge in [0.1, 0.15) is 12.1 Å². The van der Waals surface area contributed by atoms with Crippen molar-refractivity contribution in [3.05, 3.63) is 88.9 Å². The molecule has 176 valence electrons. The molecule has 0 aliphatic carbocycles. The van der Waals surface area contributed by atoms with Crippen LogP contribution in [0.3, 0.4) is 0 Å². The zero-order valence-corrected chi connectivity index (χ0v) is 18.4. The van der Waals surface area contributed by atoms with Gasteiger partial charge < -0.3 is 15.3 Å². The number of hydrogen-bond donors (Lipinski definition) is 4. The predicted molar refractivity (Wildman–Crippen MR) is 123 cm³/mol. The lowest BCUT2D eigenvalue weighted by atomic mass is 10.1. The number of fused-ring (bicyclic) bond motifs is 1. The molecule has 0 saturated heterocycles. The fourth-order valence-corrected chi connectivity index (χ4v) is 4.48. The SMILES string of the molecule is O=C(Nc1cc(-n2cnnn2)ccc1F)c1ccccc1NS(=O)(=O)c1ccc2[nH]c(=O)[nH]c2c1. The molecule has 0 saturated carbocycles. The number of nitrogens with zero attached hydrogens (tertiary/aromatic N) is 4. The second kappa shape index (κ2) is 8.49. The van der Waals surface area contributed by atoms with Crippen LogP contribution in [0.15, 0.2) is 76.7 Å². The van der Waals surface area contributed by atoms with Crippen molar-refractivity contribution in [2.75, 3.05) is 10.0 Å². The van der Waals surface area contributed by atoms with Gasteiger partial charge in [-0.05, 0) is 59.0 Å². The van der Waals surface area contributed by atoms with E-state index in [1.54, 1.807) is 6.07 Å². The minimum atomic E-state index is -4.13. The molecule has 3 aromatic carbocycles. The summed E-state index contributed by atoms with van der Waals surface area (Å²) in [6, 6.07) is 13.8. The number of carbonyl (C=O) groups excluding carboxylic acids is 1. The van der Waals surface area contributed by atoms with Crippen molar-refractivity contribution in [2.45, 2.75) is 4.90 Å². The average molecular weight is 494 g/mol. The van der Waals surface area contributed by atoms with Crippen LogP contribution in [-0.4, -0.2) is 44.5 Å². The van der Waals surface area contributed by atoms with Crippen molar-refractivity contribution in [2.24, 2.45) is 0 Å². The molecular weight excluding hydrogens is 479 g/mol. The third kappa shape index (κ3) is 4.37. The molecule has 4 N–H and O–H groups in total. The van der Waals surface area contributed by atoms with Crippen molar-refractivity contribution in [1.29, 1.82) is 0 Å². The van der Waals surface area contributed by atoms with E-state index in [2.05, 4.69) is 35.5 Å². The molecule has 0 spiro atoms. The van der Waals surface area contributed by atoms with Gasteiger partial charge in [-0.1, -0.05) is 12.1 Å². The molecule has 0 bridgehead atoms. The van der Waals surface area contributed by atoms with E-state index in [-0.39, 0.29) is 21.8 Å². The number of nitrogens with one attached hydrogen (secondary N) is 4. The highest BCUT2D eigenvalue weighted by molar-refractivity contribution is 7.92. The van der Waals surface area contributed by atoms with Crippen molar-refractivity contribution in [3.63, 3.8) is 0 Å². The summed E-state index contributed by atoms with van der Waals surface area (Å²) >= 11 is 0. The Labute approximate surface area is 195 Å². The second-order valence-corrected chi connectivity index (χ2v) is 8.99. The highest BCUT2D eigenvalue weighted by Crippen LogP contribution is 2.24. The molecule has 1 amide bonds. The van der Waals surface area contributed by atoms with Gasteiger partial charge in [-0.15, -0.1) is 5.10 Å². The number of imidazole rings is 1. The van der Waals surface area contributed by atoms with Crippen LogP contribution in [0.2, 0.25) is 0 Å². The normalized spacial score (nSPS) is 11.5. The van der Waals surface area contributed by atoms with Crippen molar-refractivity contribution in [1.82, 2.24) is 30.2 Å². The zero-order chi connectivity index (χ0) is 24.6. The lowest BCUT2D eigenvalue weighted by Gasteiger charge is -2.13. The number of H-pyrrole nitrogens is 2. The van der Waals surface area contributed by atoms with Gasteiger partial charge in [-0.3, -0.25) is 9.52 Å². The van der Waals surface area contributed by atoms with Gasteiger partial charge in [0.2, 0.25) is 0 Å². The van der Waals surface area contributed by atoms with E-state index in [1.165, 1.54) is 59.5 Å². The van der Waals surface area contributed by atoms with Crippen LogP contribution >= 0.6 is 0 Å². The molecule has 2 aromatic heterocycles. The first-order valence-corrected chi connectivity index (χ1v) is 11.5. The number of para-hydroxylation sites is 1. The average Bonchev–Trinajstić information content (AvgIpc) is 3.49. The number of tetrazole rings is 1. The van der Waals surface area contributed by atoms with Gasteiger partial charge in [0, 0.05) is 0 Å². The maximum atomic E-state index is 14.4. The zero-order valence-electron chi connectivity index (χ0n) is 17.6. The largest absolute Gasteiger partial charge is 0.323 e. The monoisotopic (exact) mass is 494 g/mol. The smallest absolute Gasteiger partial charge is 0.319 e. The van der Waals surface area contributed by atoms with Crippen LogP contribution in [0, 0.1) is 5.82 Å². The number of amides is 1. The first-order chi connectivity index (χ1) is 16.8. The standard InChI is InChI=1S/C21H15FN8O4S/c22-15-7-5-12(30-11-23-28-29-30)9-18(15)24-20(31)14-3-1-2-4-16(14)27-35(33,34)13-6-8-17-19(10-13)26-21(32)25-17/h1-11,27H,(H,24,31)(H2,25,26,32). The quantitative estimate of drug-likeness (QED) is 0.280. The number of sulfonamides is 1. The molecule has 5 rings (SSSR count). The Kier molecular flexibility index (Phi) is 5.33. The number of anilines is 2. The third-order valence-electron chi connectivity index (χ3n) is 5.03. The van der Waals surface area contributed by atoms with Crippen LogP contribution in [0.5, 0.6) is 0 Å². The van der Waals surface area contributed by atoms with Crippen LogP contribution in [0.1, 0.15) is 10.4 Å². The minimum Gasteiger partial charge on any atom is -0.319 e. The van der Waals surface area contributed by atoms with Crippen molar-refractivity contribution in [3.8, 4) is 5.69 Å². The summed E-state index contributed by atoms with van der Waals surface area (Å²) in [7, 11) is -4.13. The fraction of sp³-hybridized carbons (Fsp3) is 0. The van der Waals surface area contributed by atoms with Crippen molar-refractivity contribution >= 4 is 38.3 Å². The first-order valence-electron chi connectivity index (χ1n) is 9.98. The number of halogens is 1. The van der Waals surface area contributed by atoms with Gasteiger partial charge in [0.05, 0.1) is 38.6 Å². The lowest BCUT2D eigenvalue weighted by Crippen LogP contribution is -2.19. The molecule has 0 unspecified atom stereocenters. The predicted octanol–water partition coefficient (Wildman–Crippen LogP) is 2.02. The molecule has 0 radical (unpaired) electrons. The molecule has 35 heavy (non-hydrogen) atoms. The maximum Gasteiger partial charge on any atom is 0.323 e. The van der Waals surface area contributed by atoms with Gasteiger partial charge >= 0.3 is 5.69 Å². The van der Waals surface area contributed by atoms with E-state index < -0.39 is 27.4 Å². The fourth-order valence-electron chi connectivity index (χ4n) is 3.37. The van der Waals surface area contributed by atoms with Crippen LogP contribution in [0.4, 0.5) is 15.8 Å². The maximum absolute atomic E-state index is 14.4. The molecule has 0 fully saturated rings. The van der Waals surface area contributed by atoms with Gasteiger partial charge in [0.15, 0.2) is 0 Å². The molecule has 2 heterocycles. The van der Waals surface area contributed by atoms with Crippen LogP contribution < -0.4 is 15.7 Å². The topological polar surface area (TPSA) is 168 Å². The van der Waals surface area contributed by atoms with E-state index in [4.69, 9.17) is 0 Å². The summed E-state index contributed by atoms with van der Waals surface area (Å²) < 4.78 is 44.0. The second-order valence-electron chi connectivity index (χ2n) is 7.31. The van der Waals surface area contributed by atoms with E-state index in [0.717, 1.165) is 6.07 Å². The van der Waals surface area contributed by atoms with Crippen LogP contribution in [0.25, 0.3) is 16.7 Å². The molecule has 12 nitrogen and oxygen atoms in total. The van der Waals surface area contributed by atoms with E-state index in [9.17, 15) is 22.4 Å². The molecule has 14 heteroatoms. The summed E-state index contributed by atoms with van der Waals surface area (Å²) in [5.74, 6) is -1.46. The molecule has 0 aliphatic heterocycles. The van der Waals surface area contributed by atoms with E-state index >= 15 is 0 Å². The van der Waals surface area contributed by atoms with Gasteiger partial charge in [-0.25, -0.2) is 22.3 Å². The van der Waals surface area contributed by atoms with Crippen LogP contribution in [-0.2, 0) is 10.0 Å². The van der Waals surface area contributed by atoms with E-state index in [0.29, 0.717) is 16.7 Å². The minimum absolute atomic E-state index is 0.0234. The Morgan fingerprint density at radius 1 is 0.971 bits per heavy atom.